The second-order valence-corrected chi connectivity index (χ2v) is 7.84. The van der Waals surface area contributed by atoms with E-state index in [9.17, 15) is 9.18 Å². The fourth-order valence-corrected chi connectivity index (χ4v) is 4.23. The molecule has 0 radical (unpaired) electrons. The maximum absolute atomic E-state index is 13.8. The molecule has 1 N–H and O–H groups in total. The summed E-state index contributed by atoms with van der Waals surface area (Å²) in [5, 5.41) is 3.41. The second kappa shape index (κ2) is 12.0. The Morgan fingerprint density at radius 3 is 2.79 bits per heavy atom. The van der Waals surface area contributed by atoms with Gasteiger partial charge in [0.05, 0.1) is 12.2 Å². The highest BCUT2D eigenvalue weighted by Gasteiger charge is 2.25. The zero-order valence-electron chi connectivity index (χ0n) is 15.9. The van der Waals surface area contributed by atoms with Crippen molar-refractivity contribution in [2.45, 2.75) is 43.2 Å². The van der Waals surface area contributed by atoms with Crippen LogP contribution in [0.4, 0.5) is 4.39 Å². The first-order valence-electron chi connectivity index (χ1n) is 9.51. The number of nitrogens with one attached hydrogen (secondary N) is 1. The maximum Gasteiger partial charge on any atom is 0.224 e. The van der Waals surface area contributed by atoms with Crippen molar-refractivity contribution >= 4 is 30.1 Å². The van der Waals surface area contributed by atoms with Crippen LogP contribution in [-0.2, 0) is 11.3 Å². The first-order valence-corrected chi connectivity index (χ1v) is 10.5. The Balaban J connectivity index is 0.00000280. The highest BCUT2D eigenvalue weighted by molar-refractivity contribution is 7.99. The minimum atomic E-state index is -0.227. The van der Waals surface area contributed by atoms with E-state index in [0.29, 0.717) is 23.6 Å². The quantitative estimate of drug-likeness (QED) is 0.674. The van der Waals surface area contributed by atoms with Crippen LogP contribution in [0.15, 0.2) is 53.6 Å². The predicted octanol–water partition coefficient (Wildman–Crippen LogP) is 4.30. The van der Waals surface area contributed by atoms with Gasteiger partial charge < -0.3 is 10.2 Å². The summed E-state index contributed by atoms with van der Waals surface area (Å²) in [7, 11) is 0. The molecule has 7 heteroatoms. The van der Waals surface area contributed by atoms with Crippen LogP contribution in [0.5, 0.6) is 0 Å². The van der Waals surface area contributed by atoms with E-state index in [0.717, 1.165) is 38.0 Å². The molecular weight excluding hydrogens is 397 g/mol. The van der Waals surface area contributed by atoms with E-state index in [1.54, 1.807) is 18.3 Å². The minimum absolute atomic E-state index is 0. The average molecular weight is 424 g/mol. The van der Waals surface area contributed by atoms with Crippen molar-refractivity contribution in [3.8, 4) is 0 Å². The van der Waals surface area contributed by atoms with Crippen LogP contribution in [0.1, 0.15) is 31.4 Å². The number of rotatable bonds is 7. The summed E-state index contributed by atoms with van der Waals surface area (Å²) >= 11 is 1.40. The molecule has 0 aliphatic carbocycles. The van der Waals surface area contributed by atoms with E-state index in [1.165, 1.54) is 17.8 Å². The van der Waals surface area contributed by atoms with Gasteiger partial charge in [-0.2, -0.15) is 0 Å². The molecule has 0 bridgehead atoms. The lowest BCUT2D eigenvalue weighted by Gasteiger charge is -2.31. The first-order chi connectivity index (χ1) is 13.2. The number of aromatic nitrogens is 1. The molecule has 1 atom stereocenters. The summed E-state index contributed by atoms with van der Waals surface area (Å²) in [4.78, 5) is 20.0. The van der Waals surface area contributed by atoms with Gasteiger partial charge in [0, 0.05) is 29.3 Å². The zero-order valence-corrected chi connectivity index (χ0v) is 17.5. The van der Waals surface area contributed by atoms with Gasteiger partial charge in [-0.05, 0) is 56.6 Å². The normalized spacial score (nSPS) is 16.7. The van der Waals surface area contributed by atoms with Gasteiger partial charge in [0.25, 0.3) is 0 Å². The minimum Gasteiger partial charge on any atom is -0.334 e. The van der Waals surface area contributed by atoms with Gasteiger partial charge >= 0.3 is 0 Å². The number of hydrogen-bond donors (Lipinski definition) is 1. The molecule has 2 heterocycles. The van der Waals surface area contributed by atoms with Gasteiger partial charge in [-0.1, -0.05) is 18.2 Å². The summed E-state index contributed by atoms with van der Waals surface area (Å²) < 4.78 is 13.8. The Kier molecular flexibility index (Phi) is 9.75. The lowest BCUT2D eigenvalue weighted by atomic mass is 10.1. The molecule has 1 aromatic heterocycles. The molecule has 1 saturated heterocycles. The van der Waals surface area contributed by atoms with E-state index >= 15 is 0 Å². The van der Waals surface area contributed by atoms with E-state index in [-0.39, 0.29) is 30.2 Å². The van der Waals surface area contributed by atoms with Crippen molar-refractivity contribution in [1.29, 1.82) is 0 Å². The average Bonchev–Trinajstić information content (AvgIpc) is 2.97. The molecular formula is C21H27ClFN3OS. The van der Waals surface area contributed by atoms with Gasteiger partial charge in [-0.15, -0.1) is 24.2 Å². The lowest BCUT2D eigenvalue weighted by molar-refractivity contribution is -0.134. The molecule has 0 saturated carbocycles. The highest BCUT2D eigenvalue weighted by Crippen LogP contribution is 2.23. The van der Waals surface area contributed by atoms with Crippen molar-refractivity contribution in [2.75, 3.05) is 18.8 Å². The number of benzene rings is 1. The molecule has 2 aromatic rings. The molecule has 1 aliphatic heterocycles. The van der Waals surface area contributed by atoms with Crippen LogP contribution in [0, 0.1) is 5.82 Å². The van der Waals surface area contributed by atoms with Crippen LogP contribution in [0.2, 0.25) is 0 Å². The molecule has 4 nitrogen and oxygen atoms in total. The SMILES string of the molecule is Cl.O=C(CCSc1ccccc1F)N(Cc1ccccn1)C1CCCNCC1. The number of carbonyl (C=O) groups excluding carboxylic acids is 1. The molecule has 1 aromatic carbocycles. The number of thioether (sulfide) groups is 1. The highest BCUT2D eigenvalue weighted by atomic mass is 35.5. The van der Waals surface area contributed by atoms with Gasteiger partial charge in [-0.25, -0.2) is 4.39 Å². The monoisotopic (exact) mass is 423 g/mol. The molecule has 3 rings (SSSR count). The van der Waals surface area contributed by atoms with Crippen LogP contribution >= 0.6 is 24.2 Å². The summed E-state index contributed by atoms with van der Waals surface area (Å²) in [5.74, 6) is 0.468. The molecule has 1 fully saturated rings. The summed E-state index contributed by atoms with van der Waals surface area (Å²) in [6.45, 7) is 2.47. The number of hydrogen-bond acceptors (Lipinski definition) is 4. The van der Waals surface area contributed by atoms with E-state index in [2.05, 4.69) is 10.3 Å². The van der Waals surface area contributed by atoms with E-state index < -0.39 is 0 Å². The van der Waals surface area contributed by atoms with Crippen LogP contribution in [0.25, 0.3) is 0 Å². The Bertz CT molecular complexity index is 727. The Morgan fingerprint density at radius 1 is 1.18 bits per heavy atom. The lowest BCUT2D eigenvalue weighted by Crippen LogP contribution is -2.40. The second-order valence-electron chi connectivity index (χ2n) is 6.71. The van der Waals surface area contributed by atoms with Crippen LogP contribution in [0.3, 0.4) is 0 Å². The molecule has 1 amide bonds. The zero-order chi connectivity index (χ0) is 18.9. The van der Waals surface area contributed by atoms with Gasteiger partial charge in [0.15, 0.2) is 0 Å². The number of pyridine rings is 1. The number of nitrogens with zero attached hydrogens (tertiary/aromatic N) is 2. The third-order valence-corrected chi connectivity index (χ3v) is 5.83. The Hall–Kier alpha value is -1.63. The van der Waals surface area contributed by atoms with Gasteiger partial charge in [0.2, 0.25) is 5.91 Å². The van der Waals surface area contributed by atoms with Crippen LogP contribution in [-0.4, -0.2) is 40.7 Å². The fourth-order valence-electron chi connectivity index (χ4n) is 3.35. The Labute approximate surface area is 176 Å². The van der Waals surface area contributed by atoms with Gasteiger partial charge in [-0.3, -0.25) is 9.78 Å². The predicted molar refractivity (Wildman–Crippen MR) is 114 cm³/mol. The van der Waals surface area contributed by atoms with E-state index in [1.807, 2.05) is 29.2 Å². The van der Waals surface area contributed by atoms with E-state index in [4.69, 9.17) is 0 Å². The van der Waals surface area contributed by atoms with Crippen molar-refractivity contribution in [1.82, 2.24) is 15.2 Å². The fraction of sp³-hybridized carbons (Fsp3) is 0.429. The van der Waals surface area contributed by atoms with Crippen LogP contribution < -0.4 is 5.32 Å². The Morgan fingerprint density at radius 2 is 2.00 bits per heavy atom. The van der Waals surface area contributed by atoms with Crippen molar-refractivity contribution in [3.05, 3.63) is 60.2 Å². The molecule has 152 valence electrons. The molecule has 0 spiro atoms. The first kappa shape index (κ1) is 22.7. The summed E-state index contributed by atoms with van der Waals surface area (Å²) in [6, 6.07) is 12.7. The van der Waals surface area contributed by atoms with Crippen molar-refractivity contribution < 1.29 is 9.18 Å². The topological polar surface area (TPSA) is 45.2 Å². The molecule has 1 aliphatic rings. The van der Waals surface area contributed by atoms with Gasteiger partial charge in [0.1, 0.15) is 5.82 Å². The van der Waals surface area contributed by atoms with Crippen molar-refractivity contribution in [3.63, 3.8) is 0 Å². The maximum atomic E-state index is 13.8. The van der Waals surface area contributed by atoms with Crippen molar-refractivity contribution in [2.24, 2.45) is 0 Å². The standard InChI is InChI=1S/C21H26FN3OS.ClH/c22-19-8-1-2-9-20(19)27-15-11-21(26)25(16-17-6-3-4-13-24-17)18-7-5-12-23-14-10-18;/h1-4,6,8-9,13,18,23H,5,7,10-12,14-16H2;1H. The third kappa shape index (κ3) is 6.76. The summed E-state index contributed by atoms with van der Waals surface area (Å²) in [5.41, 5.74) is 0.907. The summed E-state index contributed by atoms with van der Waals surface area (Å²) in [6.07, 6.45) is 5.20. The molecule has 1 unspecified atom stereocenters. The smallest absolute Gasteiger partial charge is 0.224 e. The number of amides is 1. The third-order valence-electron chi connectivity index (χ3n) is 4.77. The molecule has 28 heavy (non-hydrogen) atoms. The largest absolute Gasteiger partial charge is 0.334 e. The number of halogens is 2. The number of carbonyl (C=O) groups is 1.